The van der Waals surface area contributed by atoms with Crippen LogP contribution >= 0.6 is 0 Å². The molecule has 7 nitrogen and oxygen atoms in total. The lowest BCUT2D eigenvalue weighted by Gasteiger charge is -2.13. The number of amides is 1. The first-order chi connectivity index (χ1) is 18.4. The first-order valence-electron chi connectivity index (χ1n) is 11.9. The van der Waals surface area contributed by atoms with Crippen LogP contribution in [0.2, 0.25) is 0 Å². The van der Waals surface area contributed by atoms with E-state index in [4.69, 9.17) is 9.47 Å². The van der Waals surface area contributed by atoms with E-state index < -0.39 is 5.91 Å². The third-order valence-electron chi connectivity index (χ3n) is 6.05. The monoisotopic (exact) mass is 510 g/mol. The molecule has 8 heteroatoms. The number of nitriles is 1. The van der Waals surface area contributed by atoms with E-state index in [1.807, 2.05) is 43.3 Å². The largest absolute Gasteiger partial charge is 0.493 e. The SMILES string of the molecule is COc1ccc(-c2nn(Cc3ccccc3F)cc2C=C(C#N)C(=O)NC(C)c2ccccc2)cc1OC. The lowest BCUT2D eigenvalue weighted by Crippen LogP contribution is -2.27. The summed E-state index contributed by atoms with van der Waals surface area (Å²) in [6.45, 7) is 2.02. The average Bonchev–Trinajstić information content (AvgIpc) is 3.34. The van der Waals surface area contributed by atoms with E-state index >= 15 is 0 Å². The molecule has 0 aliphatic rings. The molecule has 0 saturated carbocycles. The maximum Gasteiger partial charge on any atom is 0.262 e. The number of rotatable bonds is 9. The first-order valence-corrected chi connectivity index (χ1v) is 11.9. The summed E-state index contributed by atoms with van der Waals surface area (Å²) < 4.78 is 26.7. The van der Waals surface area contributed by atoms with Crippen LogP contribution in [-0.4, -0.2) is 29.9 Å². The van der Waals surface area contributed by atoms with E-state index in [0.717, 1.165) is 5.56 Å². The zero-order valence-electron chi connectivity index (χ0n) is 21.3. The summed E-state index contributed by atoms with van der Waals surface area (Å²) in [5.41, 5.74) is 2.99. The average molecular weight is 511 g/mol. The topological polar surface area (TPSA) is 89.2 Å². The van der Waals surface area contributed by atoms with Crippen molar-refractivity contribution in [2.75, 3.05) is 14.2 Å². The second-order valence-electron chi connectivity index (χ2n) is 8.57. The van der Waals surface area contributed by atoms with Crippen LogP contribution in [0.1, 0.15) is 29.7 Å². The molecule has 0 spiro atoms. The Balaban J connectivity index is 1.73. The number of halogens is 1. The van der Waals surface area contributed by atoms with Crippen LogP contribution in [-0.2, 0) is 11.3 Å². The van der Waals surface area contributed by atoms with Gasteiger partial charge in [-0.1, -0.05) is 48.5 Å². The number of nitrogens with zero attached hydrogens (tertiary/aromatic N) is 3. The predicted molar refractivity (Wildman–Crippen MR) is 143 cm³/mol. The molecule has 3 aromatic carbocycles. The maximum atomic E-state index is 14.3. The van der Waals surface area contributed by atoms with Crippen LogP contribution in [0, 0.1) is 17.1 Å². The van der Waals surface area contributed by atoms with Gasteiger partial charge in [0.1, 0.15) is 17.5 Å². The van der Waals surface area contributed by atoms with Crippen LogP contribution in [0.3, 0.4) is 0 Å². The maximum absolute atomic E-state index is 14.3. The lowest BCUT2D eigenvalue weighted by molar-refractivity contribution is -0.117. The van der Waals surface area contributed by atoms with E-state index in [1.165, 1.54) is 19.3 Å². The standard InChI is InChI=1S/C30H27FN4O3/c1-20(21-9-5-4-6-10-21)33-30(36)24(17-32)15-25-19-35(18-23-11-7-8-12-26(23)31)34-29(25)22-13-14-27(37-2)28(16-22)38-3/h4-16,19-20H,18H2,1-3H3,(H,33,36). The van der Waals surface area contributed by atoms with Crippen molar-refractivity contribution in [3.63, 3.8) is 0 Å². The van der Waals surface area contributed by atoms with Gasteiger partial charge in [-0.05, 0) is 42.8 Å². The van der Waals surface area contributed by atoms with Gasteiger partial charge < -0.3 is 14.8 Å². The molecule has 0 saturated heterocycles. The molecule has 38 heavy (non-hydrogen) atoms. The molecule has 1 heterocycles. The molecule has 1 aromatic heterocycles. The molecule has 0 fully saturated rings. The Morgan fingerprint density at radius 3 is 2.47 bits per heavy atom. The minimum Gasteiger partial charge on any atom is -0.493 e. The number of ether oxygens (including phenoxy) is 2. The molecule has 0 radical (unpaired) electrons. The number of nitrogens with one attached hydrogen (secondary N) is 1. The molecule has 1 N–H and O–H groups in total. The first kappa shape index (κ1) is 26.2. The Hall–Kier alpha value is -4.90. The third kappa shape index (κ3) is 5.90. The van der Waals surface area contributed by atoms with Gasteiger partial charge in [-0.2, -0.15) is 10.4 Å². The van der Waals surface area contributed by atoms with Crippen molar-refractivity contribution < 1.29 is 18.7 Å². The fourth-order valence-electron chi connectivity index (χ4n) is 4.04. The smallest absolute Gasteiger partial charge is 0.262 e. The van der Waals surface area contributed by atoms with Gasteiger partial charge in [0, 0.05) is 22.9 Å². The van der Waals surface area contributed by atoms with Crippen molar-refractivity contribution in [3.8, 4) is 28.8 Å². The summed E-state index contributed by atoms with van der Waals surface area (Å²) in [7, 11) is 3.08. The highest BCUT2D eigenvalue weighted by Crippen LogP contribution is 2.34. The summed E-state index contributed by atoms with van der Waals surface area (Å²) in [6, 6.07) is 22.9. The second-order valence-corrected chi connectivity index (χ2v) is 8.57. The number of methoxy groups -OCH3 is 2. The van der Waals surface area contributed by atoms with Gasteiger partial charge in [0.15, 0.2) is 11.5 Å². The molecule has 1 amide bonds. The van der Waals surface area contributed by atoms with Crippen LogP contribution in [0.5, 0.6) is 11.5 Å². The van der Waals surface area contributed by atoms with Gasteiger partial charge in [0.2, 0.25) is 0 Å². The normalized spacial score (nSPS) is 11.9. The van der Waals surface area contributed by atoms with E-state index in [0.29, 0.717) is 33.9 Å². The van der Waals surface area contributed by atoms with Gasteiger partial charge in [-0.15, -0.1) is 0 Å². The quantitative estimate of drug-likeness (QED) is 0.236. The molecule has 1 unspecified atom stereocenters. The highest BCUT2D eigenvalue weighted by molar-refractivity contribution is 6.02. The summed E-state index contributed by atoms with van der Waals surface area (Å²) in [6.07, 6.45) is 3.17. The van der Waals surface area contributed by atoms with Crippen molar-refractivity contribution in [2.24, 2.45) is 0 Å². The number of hydrogen-bond acceptors (Lipinski definition) is 5. The third-order valence-corrected chi connectivity index (χ3v) is 6.05. The minimum atomic E-state index is -0.510. The second kappa shape index (κ2) is 11.9. The Kier molecular flexibility index (Phi) is 8.19. The number of carbonyl (C=O) groups excluding carboxylic acids is 1. The lowest BCUT2D eigenvalue weighted by atomic mass is 10.0. The Morgan fingerprint density at radius 2 is 1.79 bits per heavy atom. The van der Waals surface area contributed by atoms with Crippen molar-refractivity contribution in [2.45, 2.75) is 19.5 Å². The van der Waals surface area contributed by atoms with E-state index in [-0.39, 0.29) is 24.0 Å². The molecule has 0 aliphatic carbocycles. The summed E-state index contributed by atoms with van der Waals surface area (Å²) >= 11 is 0. The molecule has 4 aromatic rings. The number of benzene rings is 3. The molecule has 4 rings (SSSR count). The van der Waals surface area contributed by atoms with E-state index in [9.17, 15) is 14.4 Å². The van der Waals surface area contributed by atoms with Gasteiger partial charge in [0.05, 0.1) is 32.5 Å². The molecule has 0 aliphatic heterocycles. The Morgan fingerprint density at radius 1 is 1.08 bits per heavy atom. The fourth-order valence-corrected chi connectivity index (χ4v) is 4.04. The molecule has 0 bridgehead atoms. The van der Waals surface area contributed by atoms with Gasteiger partial charge >= 0.3 is 0 Å². The predicted octanol–water partition coefficient (Wildman–Crippen LogP) is 5.54. The Bertz CT molecular complexity index is 1510. The fraction of sp³-hybridized carbons (Fsp3) is 0.167. The molecule has 192 valence electrons. The van der Waals surface area contributed by atoms with Gasteiger partial charge in [-0.25, -0.2) is 4.39 Å². The summed E-state index contributed by atoms with van der Waals surface area (Å²) in [5, 5.41) is 17.4. The van der Waals surface area contributed by atoms with E-state index in [2.05, 4.69) is 10.4 Å². The van der Waals surface area contributed by atoms with Crippen LogP contribution in [0.15, 0.2) is 84.6 Å². The van der Waals surface area contributed by atoms with Gasteiger partial charge in [0.25, 0.3) is 5.91 Å². The van der Waals surface area contributed by atoms with Crippen LogP contribution in [0.4, 0.5) is 4.39 Å². The van der Waals surface area contributed by atoms with E-state index in [1.54, 1.807) is 54.4 Å². The summed E-state index contributed by atoms with van der Waals surface area (Å²) in [4.78, 5) is 13.0. The highest BCUT2D eigenvalue weighted by atomic mass is 19.1. The zero-order chi connectivity index (χ0) is 27.1. The van der Waals surface area contributed by atoms with Crippen molar-refractivity contribution in [1.29, 1.82) is 5.26 Å². The van der Waals surface area contributed by atoms with Gasteiger partial charge in [-0.3, -0.25) is 9.48 Å². The number of aromatic nitrogens is 2. The molecule has 1 atom stereocenters. The zero-order valence-corrected chi connectivity index (χ0v) is 21.3. The van der Waals surface area contributed by atoms with Crippen molar-refractivity contribution in [1.82, 2.24) is 15.1 Å². The highest BCUT2D eigenvalue weighted by Gasteiger charge is 2.18. The Labute approximate surface area is 220 Å². The van der Waals surface area contributed by atoms with Crippen LogP contribution < -0.4 is 14.8 Å². The minimum absolute atomic E-state index is 0.0834. The summed E-state index contributed by atoms with van der Waals surface area (Å²) in [5.74, 6) is 0.188. The van der Waals surface area contributed by atoms with Crippen LogP contribution in [0.25, 0.3) is 17.3 Å². The number of carbonyl (C=O) groups is 1. The van der Waals surface area contributed by atoms with Crippen molar-refractivity contribution in [3.05, 3.63) is 107 Å². The molecular formula is C30H27FN4O3. The number of hydrogen-bond donors (Lipinski definition) is 1. The van der Waals surface area contributed by atoms with Crippen molar-refractivity contribution >= 4 is 12.0 Å². The molecular weight excluding hydrogens is 483 g/mol.